The van der Waals surface area contributed by atoms with Crippen LogP contribution in [0.1, 0.15) is 5.69 Å². The minimum absolute atomic E-state index is 0.581. The molecule has 0 saturated carbocycles. The smallest absolute Gasteiger partial charge is 0.150 e. The predicted octanol–water partition coefficient (Wildman–Crippen LogP) is 1.35. The molecule has 0 aliphatic carbocycles. The number of ether oxygens (including phenoxy) is 1. The van der Waals surface area contributed by atoms with Gasteiger partial charge in [-0.05, 0) is 19.1 Å². The van der Waals surface area contributed by atoms with Crippen molar-refractivity contribution in [3.05, 3.63) is 30.0 Å². The molecule has 0 radical (unpaired) electrons. The Labute approximate surface area is 113 Å². The Morgan fingerprint density at radius 1 is 1.16 bits per heavy atom. The molecular formula is C14H20N4O. The Morgan fingerprint density at radius 2 is 1.84 bits per heavy atom. The Balaban J connectivity index is 2.37. The average molecular weight is 260 g/mol. The van der Waals surface area contributed by atoms with Gasteiger partial charge in [0.05, 0.1) is 23.3 Å². The zero-order chi connectivity index (χ0) is 13.7. The van der Waals surface area contributed by atoms with Crippen molar-refractivity contribution in [3.63, 3.8) is 0 Å². The first-order valence-corrected chi connectivity index (χ1v) is 6.43. The number of methoxy groups -OCH3 is 1. The largest absolute Gasteiger partial charge is 0.383 e. The molecule has 0 unspecified atom stereocenters. The van der Waals surface area contributed by atoms with E-state index in [9.17, 15) is 0 Å². The van der Waals surface area contributed by atoms with E-state index in [1.54, 1.807) is 7.11 Å². The lowest BCUT2D eigenvalue weighted by Gasteiger charge is -2.24. The van der Waals surface area contributed by atoms with Crippen LogP contribution >= 0.6 is 0 Å². The molecule has 0 saturated heterocycles. The summed E-state index contributed by atoms with van der Waals surface area (Å²) in [6.45, 7) is 4.72. The van der Waals surface area contributed by atoms with Crippen molar-refractivity contribution in [1.82, 2.24) is 9.97 Å². The van der Waals surface area contributed by atoms with Gasteiger partial charge in [-0.1, -0.05) is 12.1 Å². The number of aryl methyl sites for hydroxylation is 1. The van der Waals surface area contributed by atoms with Crippen molar-refractivity contribution in [2.75, 3.05) is 38.3 Å². The fraction of sp³-hybridized carbons (Fsp3) is 0.429. The summed E-state index contributed by atoms with van der Waals surface area (Å²) >= 11 is 0. The van der Waals surface area contributed by atoms with E-state index in [2.05, 4.69) is 9.88 Å². The fourth-order valence-electron chi connectivity index (χ4n) is 2.06. The topological polar surface area (TPSA) is 64.3 Å². The number of hydrogen-bond donors (Lipinski definition) is 1. The SMILES string of the molecule is COCCN(CCN)c1nc2ccccc2nc1C. The summed E-state index contributed by atoms with van der Waals surface area (Å²) in [6.07, 6.45) is 0. The number of nitrogens with two attached hydrogens (primary N) is 1. The number of para-hydroxylation sites is 2. The van der Waals surface area contributed by atoms with Crippen LogP contribution in [0.3, 0.4) is 0 Å². The van der Waals surface area contributed by atoms with E-state index >= 15 is 0 Å². The van der Waals surface area contributed by atoms with E-state index in [0.29, 0.717) is 13.2 Å². The van der Waals surface area contributed by atoms with Crippen molar-refractivity contribution < 1.29 is 4.74 Å². The lowest BCUT2D eigenvalue weighted by molar-refractivity contribution is 0.205. The van der Waals surface area contributed by atoms with Crippen molar-refractivity contribution in [2.24, 2.45) is 5.73 Å². The van der Waals surface area contributed by atoms with Gasteiger partial charge in [-0.2, -0.15) is 0 Å². The van der Waals surface area contributed by atoms with Crippen LogP contribution in [0.2, 0.25) is 0 Å². The van der Waals surface area contributed by atoms with E-state index in [4.69, 9.17) is 15.5 Å². The Morgan fingerprint density at radius 3 is 2.47 bits per heavy atom. The fourth-order valence-corrected chi connectivity index (χ4v) is 2.06. The van der Waals surface area contributed by atoms with Gasteiger partial charge >= 0.3 is 0 Å². The number of hydrogen-bond acceptors (Lipinski definition) is 5. The third kappa shape index (κ3) is 3.19. The van der Waals surface area contributed by atoms with Crippen molar-refractivity contribution in [3.8, 4) is 0 Å². The molecule has 0 aliphatic rings. The van der Waals surface area contributed by atoms with Gasteiger partial charge in [0, 0.05) is 26.7 Å². The summed E-state index contributed by atoms with van der Waals surface area (Å²) in [6, 6.07) is 7.89. The van der Waals surface area contributed by atoms with Gasteiger partial charge in [0.25, 0.3) is 0 Å². The number of aromatic nitrogens is 2. The first-order chi connectivity index (χ1) is 9.26. The Kier molecular flexibility index (Phi) is 4.65. The van der Waals surface area contributed by atoms with Gasteiger partial charge in [-0.3, -0.25) is 0 Å². The number of anilines is 1. The monoisotopic (exact) mass is 260 g/mol. The number of rotatable bonds is 6. The molecule has 5 nitrogen and oxygen atoms in total. The lowest BCUT2D eigenvalue weighted by Crippen LogP contribution is -2.33. The maximum absolute atomic E-state index is 5.67. The Bertz CT molecular complexity index is 544. The number of benzene rings is 1. The van der Waals surface area contributed by atoms with Crippen LogP contribution in [-0.4, -0.2) is 43.3 Å². The molecule has 1 aromatic heterocycles. The highest BCUT2D eigenvalue weighted by atomic mass is 16.5. The highest BCUT2D eigenvalue weighted by molar-refractivity contribution is 5.76. The van der Waals surface area contributed by atoms with Crippen LogP contribution in [0.5, 0.6) is 0 Å². The Hall–Kier alpha value is -1.72. The minimum Gasteiger partial charge on any atom is -0.383 e. The van der Waals surface area contributed by atoms with Crippen LogP contribution in [0.15, 0.2) is 24.3 Å². The molecule has 19 heavy (non-hydrogen) atoms. The first-order valence-electron chi connectivity index (χ1n) is 6.43. The van der Waals surface area contributed by atoms with Crippen molar-refractivity contribution in [1.29, 1.82) is 0 Å². The molecule has 1 aromatic carbocycles. The van der Waals surface area contributed by atoms with E-state index in [1.807, 2.05) is 31.2 Å². The van der Waals surface area contributed by atoms with Gasteiger partial charge in [0.15, 0.2) is 5.82 Å². The van der Waals surface area contributed by atoms with Gasteiger partial charge in [-0.25, -0.2) is 9.97 Å². The molecular weight excluding hydrogens is 240 g/mol. The maximum Gasteiger partial charge on any atom is 0.150 e. The van der Waals surface area contributed by atoms with Gasteiger partial charge in [0.2, 0.25) is 0 Å². The molecule has 0 bridgehead atoms. The van der Waals surface area contributed by atoms with E-state index in [1.165, 1.54) is 0 Å². The van der Waals surface area contributed by atoms with Crippen LogP contribution in [0.4, 0.5) is 5.82 Å². The van der Waals surface area contributed by atoms with Crippen molar-refractivity contribution in [2.45, 2.75) is 6.92 Å². The molecule has 0 spiro atoms. The summed E-state index contributed by atoms with van der Waals surface area (Å²) in [5.41, 5.74) is 8.41. The number of nitrogens with zero attached hydrogens (tertiary/aromatic N) is 3. The van der Waals surface area contributed by atoms with Gasteiger partial charge < -0.3 is 15.4 Å². The maximum atomic E-state index is 5.67. The third-order valence-corrected chi connectivity index (χ3v) is 2.98. The summed E-state index contributed by atoms with van der Waals surface area (Å²) in [5.74, 6) is 0.890. The number of fused-ring (bicyclic) bond motifs is 1. The molecule has 5 heteroatoms. The van der Waals surface area contributed by atoms with E-state index in [-0.39, 0.29) is 0 Å². The molecule has 0 aliphatic heterocycles. The highest BCUT2D eigenvalue weighted by Crippen LogP contribution is 2.19. The molecule has 2 aromatic rings. The summed E-state index contributed by atoms with van der Waals surface area (Å²) in [4.78, 5) is 11.4. The molecule has 0 atom stereocenters. The summed E-state index contributed by atoms with van der Waals surface area (Å²) in [7, 11) is 1.69. The quantitative estimate of drug-likeness (QED) is 0.849. The summed E-state index contributed by atoms with van der Waals surface area (Å²) in [5, 5.41) is 0. The second kappa shape index (κ2) is 6.45. The normalized spacial score (nSPS) is 10.9. The van der Waals surface area contributed by atoms with Crippen LogP contribution in [0, 0.1) is 6.92 Å². The van der Waals surface area contributed by atoms with Crippen LogP contribution in [-0.2, 0) is 4.74 Å². The molecule has 0 amide bonds. The molecule has 1 heterocycles. The van der Waals surface area contributed by atoms with Crippen LogP contribution < -0.4 is 10.6 Å². The zero-order valence-electron chi connectivity index (χ0n) is 11.5. The van der Waals surface area contributed by atoms with E-state index < -0.39 is 0 Å². The molecule has 2 N–H and O–H groups in total. The van der Waals surface area contributed by atoms with Gasteiger partial charge in [-0.15, -0.1) is 0 Å². The summed E-state index contributed by atoms with van der Waals surface area (Å²) < 4.78 is 5.14. The van der Waals surface area contributed by atoms with Gasteiger partial charge in [0.1, 0.15) is 0 Å². The van der Waals surface area contributed by atoms with E-state index in [0.717, 1.165) is 35.6 Å². The molecule has 2 rings (SSSR count). The van der Waals surface area contributed by atoms with Crippen LogP contribution in [0.25, 0.3) is 11.0 Å². The first kappa shape index (κ1) is 13.7. The third-order valence-electron chi connectivity index (χ3n) is 2.98. The highest BCUT2D eigenvalue weighted by Gasteiger charge is 2.12. The predicted molar refractivity (Wildman–Crippen MR) is 77.4 cm³/mol. The molecule has 0 fully saturated rings. The lowest BCUT2D eigenvalue weighted by atomic mass is 10.3. The molecule has 102 valence electrons. The minimum atomic E-state index is 0.581. The standard InChI is InChI=1S/C14H20N4O/c1-11-14(18(8-7-15)9-10-19-2)17-13-6-4-3-5-12(13)16-11/h3-6H,7-10,15H2,1-2H3. The average Bonchev–Trinajstić information content (AvgIpc) is 2.43. The zero-order valence-corrected chi connectivity index (χ0v) is 11.5. The second-order valence-corrected chi connectivity index (χ2v) is 4.39. The van der Waals surface area contributed by atoms with Crippen molar-refractivity contribution >= 4 is 16.9 Å². The second-order valence-electron chi connectivity index (χ2n) is 4.39.